The summed E-state index contributed by atoms with van der Waals surface area (Å²) in [5, 5.41) is 10.6. The van der Waals surface area contributed by atoms with E-state index in [1.165, 1.54) is 4.57 Å². The molecule has 3 heterocycles. The molecule has 0 atom stereocenters. The van der Waals surface area contributed by atoms with Gasteiger partial charge in [-0.2, -0.15) is 0 Å². The largest absolute Gasteiger partial charge is 0.507 e. The van der Waals surface area contributed by atoms with Gasteiger partial charge in [0.1, 0.15) is 10.9 Å². The Morgan fingerprint density at radius 3 is 2.85 bits per heavy atom. The molecule has 0 radical (unpaired) electrons. The molecule has 0 spiro atoms. The highest BCUT2D eigenvalue weighted by Gasteiger charge is 2.13. The smallest absolute Gasteiger partial charge is 0.260 e. The van der Waals surface area contributed by atoms with E-state index in [0.29, 0.717) is 22.4 Å². The summed E-state index contributed by atoms with van der Waals surface area (Å²) in [7, 11) is 0. The Morgan fingerprint density at radius 1 is 1.30 bits per heavy atom. The van der Waals surface area contributed by atoms with E-state index in [1.807, 2.05) is 0 Å². The minimum atomic E-state index is -0.388. The summed E-state index contributed by atoms with van der Waals surface area (Å²) in [6, 6.07) is 7.85. The molecule has 0 aliphatic heterocycles. The SMILES string of the molecule is Cc1ncccc1-n1c(=O)cc(O)c2ccc(Cl)nc21. The number of fused-ring (bicyclic) bond motifs is 1. The van der Waals surface area contributed by atoms with E-state index in [9.17, 15) is 9.90 Å². The zero-order valence-electron chi connectivity index (χ0n) is 10.5. The van der Waals surface area contributed by atoms with Crippen LogP contribution in [0.15, 0.2) is 41.3 Å². The van der Waals surface area contributed by atoms with Crippen LogP contribution >= 0.6 is 11.6 Å². The highest BCUT2D eigenvalue weighted by molar-refractivity contribution is 6.29. The lowest BCUT2D eigenvalue weighted by Crippen LogP contribution is -2.19. The molecule has 0 bridgehead atoms. The predicted octanol–water partition coefficient (Wildman–Crippen LogP) is 2.45. The molecule has 6 heteroatoms. The number of aromatic nitrogens is 3. The van der Waals surface area contributed by atoms with Crippen LogP contribution < -0.4 is 5.56 Å². The molecular formula is C14H10ClN3O2. The van der Waals surface area contributed by atoms with Gasteiger partial charge in [-0.25, -0.2) is 4.98 Å². The van der Waals surface area contributed by atoms with Crippen molar-refractivity contribution < 1.29 is 5.11 Å². The van der Waals surface area contributed by atoms with E-state index in [4.69, 9.17) is 11.6 Å². The number of aromatic hydroxyl groups is 1. The Hall–Kier alpha value is -2.40. The average molecular weight is 288 g/mol. The van der Waals surface area contributed by atoms with E-state index in [0.717, 1.165) is 6.07 Å². The Labute approximate surface area is 119 Å². The van der Waals surface area contributed by atoms with Crippen molar-refractivity contribution in [1.29, 1.82) is 0 Å². The van der Waals surface area contributed by atoms with E-state index < -0.39 is 0 Å². The number of nitrogens with zero attached hydrogens (tertiary/aromatic N) is 3. The van der Waals surface area contributed by atoms with Crippen molar-refractivity contribution in [3.05, 3.63) is 57.7 Å². The molecule has 3 aromatic heterocycles. The van der Waals surface area contributed by atoms with Crippen LogP contribution in [0, 0.1) is 6.92 Å². The van der Waals surface area contributed by atoms with Crippen molar-refractivity contribution in [1.82, 2.24) is 14.5 Å². The number of hydrogen-bond acceptors (Lipinski definition) is 4. The van der Waals surface area contributed by atoms with Gasteiger partial charge in [0, 0.05) is 12.3 Å². The number of pyridine rings is 3. The van der Waals surface area contributed by atoms with Crippen LogP contribution in [-0.2, 0) is 0 Å². The Morgan fingerprint density at radius 2 is 2.10 bits per heavy atom. The van der Waals surface area contributed by atoms with Crippen LogP contribution in [0.4, 0.5) is 0 Å². The van der Waals surface area contributed by atoms with Crippen molar-refractivity contribution in [2.45, 2.75) is 6.92 Å². The van der Waals surface area contributed by atoms with E-state index >= 15 is 0 Å². The first-order chi connectivity index (χ1) is 9.58. The molecule has 1 N–H and O–H groups in total. The van der Waals surface area contributed by atoms with E-state index in [-0.39, 0.29) is 16.5 Å². The zero-order valence-corrected chi connectivity index (χ0v) is 11.3. The minimum Gasteiger partial charge on any atom is -0.507 e. The molecule has 0 aliphatic rings. The molecule has 0 saturated carbocycles. The molecule has 0 amide bonds. The molecule has 100 valence electrons. The molecule has 3 aromatic rings. The second kappa shape index (κ2) is 4.61. The quantitative estimate of drug-likeness (QED) is 0.698. The monoisotopic (exact) mass is 287 g/mol. The summed E-state index contributed by atoms with van der Waals surface area (Å²) < 4.78 is 1.39. The maximum absolute atomic E-state index is 12.2. The lowest BCUT2D eigenvalue weighted by Gasteiger charge is -2.12. The first-order valence-electron chi connectivity index (χ1n) is 5.91. The van der Waals surface area contributed by atoms with E-state index in [1.54, 1.807) is 37.4 Å². The van der Waals surface area contributed by atoms with Gasteiger partial charge in [-0.3, -0.25) is 14.3 Å². The molecule has 0 fully saturated rings. The molecule has 3 rings (SSSR count). The fraction of sp³-hybridized carbons (Fsp3) is 0.0714. The first-order valence-corrected chi connectivity index (χ1v) is 6.29. The second-order valence-electron chi connectivity index (χ2n) is 4.32. The summed E-state index contributed by atoms with van der Waals surface area (Å²) >= 11 is 5.90. The third kappa shape index (κ3) is 1.92. The minimum absolute atomic E-state index is 0.119. The third-order valence-corrected chi connectivity index (χ3v) is 3.24. The second-order valence-corrected chi connectivity index (χ2v) is 4.70. The van der Waals surface area contributed by atoms with Crippen molar-refractivity contribution in [2.75, 3.05) is 0 Å². The Kier molecular flexibility index (Phi) is 2.91. The van der Waals surface area contributed by atoms with Gasteiger partial charge in [-0.15, -0.1) is 0 Å². The van der Waals surface area contributed by atoms with Gasteiger partial charge in [0.2, 0.25) is 0 Å². The van der Waals surface area contributed by atoms with Crippen LogP contribution in [-0.4, -0.2) is 19.6 Å². The number of hydrogen-bond donors (Lipinski definition) is 1. The van der Waals surface area contributed by atoms with Crippen molar-refractivity contribution in [2.24, 2.45) is 0 Å². The molecule has 0 saturated heterocycles. The number of aryl methyl sites for hydroxylation is 1. The van der Waals surface area contributed by atoms with Crippen LogP contribution in [0.3, 0.4) is 0 Å². The summed E-state index contributed by atoms with van der Waals surface area (Å²) in [4.78, 5) is 20.5. The highest BCUT2D eigenvalue weighted by atomic mass is 35.5. The molecule has 0 unspecified atom stereocenters. The maximum Gasteiger partial charge on any atom is 0.260 e. The molecule has 0 aliphatic carbocycles. The van der Waals surface area contributed by atoms with Gasteiger partial charge in [0.25, 0.3) is 5.56 Å². The summed E-state index contributed by atoms with van der Waals surface area (Å²) in [6.07, 6.45) is 1.65. The molecule has 5 nitrogen and oxygen atoms in total. The summed E-state index contributed by atoms with van der Waals surface area (Å²) in [6.45, 7) is 1.80. The third-order valence-electron chi connectivity index (χ3n) is 3.03. The fourth-order valence-electron chi connectivity index (χ4n) is 2.10. The first kappa shape index (κ1) is 12.6. The maximum atomic E-state index is 12.2. The summed E-state index contributed by atoms with van der Waals surface area (Å²) in [5.41, 5.74) is 1.21. The molecular weight excluding hydrogens is 278 g/mol. The zero-order chi connectivity index (χ0) is 14.3. The average Bonchev–Trinajstić information content (AvgIpc) is 2.40. The topological polar surface area (TPSA) is 68.0 Å². The lowest BCUT2D eigenvalue weighted by molar-refractivity contribution is 0.480. The van der Waals surface area contributed by atoms with Crippen LogP contribution in [0.2, 0.25) is 5.15 Å². The number of rotatable bonds is 1. The van der Waals surface area contributed by atoms with Crippen molar-refractivity contribution in [3.8, 4) is 11.4 Å². The fourth-order valence-corrected chi connectivity index (χ4v) is 2.25. The van der Waals surface area contributed by atoms with Gasteiger partial charge >= 0.3 is 0 Å². The van der Waals surface area contributed by atoms with Crippen LogP contribution in [0.5, 0.6) is 5.75 Å². The van der Waals surface area contributed by atoms with Crippen molar-refractivity contribution in [3.63, 3.8) is 0 Å². The van der Waals surface area contributed by atoms with Gasteiger partial charge < -0.3 is 5.11 Å². The van der Waals surface area contributed by atoms with Crippen LogP contribution in [0.1, 0.15) is 5.69 Å². The standard InChI is InChI=1S/C14H10ClN3O2/c1-8-10(3-2-6-16-8)18-13(20)7-11(19)9-4-5-12(15)17-14(9)18/h2-7,19H,1H3. The Bertz CT molecular complexity index is 874. The summed E-state index contributed by atoms with van der Waals surface area (Å²) in [5.74, 6) is -0.119. The van der Waals surface area contributed by atoms with Gasteiger partial charge in [0.15, 0.2) is 5.65 Å². The predicted molar refractivity (Wildman–Crippen MR) is 76.5 cm³/mol. The van der Waals surface area contributed by atoms with Crippen molar-refractivity contribution >= 4 is 22.6 Å². The lowest BCUT2D eigenvalue weighted by atomic mass is 10.2. The van der Waals surface area contributed by atoms with Gasteiger partial charge in [0.05, 0.1) is 16.8 Å². The van der Waals surface area contributed by atoms with E-state index in [2.05, 4.69) is 9.97 Å². The molecule has 0 aromatic carbocycles. The molecule has 20 heavy (non-hydrogen) atoms. The van der Waals surface area contributed by atoms with Crippen LogP contribution in [0.25, 0.3) is 16.7 Å². The normalized spacial score (nSPS) is 10.9. The number of halogens is 1. The van der Waals surface area contributed by atoms with Gasteiger partial charge in [-0.05, 0) is 31.2 Å². The highest BCUT2D eigenvalue weighted by Crippen LogP contribution is 2.25. The Balaban J connectivity index is 2.50. The van der Waals surface area contributed by atoms with Gasteiger partial charge in [-0.1, -0.05) is 11.6 Å².